The smallest absolute Gasteiger partial charge is 0.150 e. The van der Waals surface area contributed by atoms with Crippen LogP contribution >= 0.6 is 11.3 Å². The second kappa shape index (κ2) is 13.9. The molecule has 35 heavy (non-hydrogen) atoms. The van der Waals surface area contributed by atoms with Gasteiger partial charge in [0.25, 0.3) is 0 Å². The number of rotatable bonds is 16. The average Bonchev–Trinajstić information content (AvgIpc) is 3.18. The molecule has 4 nitrogen and oxygen atoms in total. The summed E-state index contributed by atoms with van der Waals surface area (Å²) in [7, 11) is -2.85. The van der Waals surface area contributed by atoms with Crippen molar-refractivity contribution in [2.45, 2.75) is 84.0 Å². The van der Waals surface area contributed by atoms with E-state index >= 15 is 0 Å². The SMILES string of the molecule is CCCCCS(=O)(=O)CCCCCCCCCCc1c(-c2ccc(O)cc2)sc2cc(O)ccc12. The lowest BCUT2D eigenvalue weighted by Gasteiger charge is -2.07. The van der Waals surface area contributed by atoms with Crippen molar-refractivity contribution < 1.29 is 18.6 Å². The Morgan fingerprint density at radius 3 is 1.94 bits per heavy atom. The Labute approximate surface area is 214 Å². The van der Waals surface area contributed by atoms with E-state index in [1.807, 2.05) is 24.3 Å². The zero-order chi connectivity index (χ0) is 25.1. The number of phenolic OH excluding ortho intramolecular Hbond substituents is 2. The molecule has 0 aliphatic heterocycles. The van der Waals surface area contributed by atoms with Crippen molar-refractivity contribution in [3.8, 4) is 21.9 Å². The highest BCUT2D eigenvalue weighted by molar-refractivity contribution is 7.91. The summed E-state index contributed by atoms with van der Waals surface area (Å²) in [6.07, 6.45) is 12.7. The van der Waals surface area contributed by atoms with E-state index in [9.17, 15) is 18.6 Å². The molecular weight excluding hydrogens is 476 g/mol. The van der Waals surface area contributed by atoms with Gasteiger partial charge in [-0.05, 0) is 84.7 Å². The number of thiophene rings is 1. The van der Waals surface area contributed by atoms with Crippen LogP contribution in [-0.4, -0.2) is 30.1 Å². The first-order chi connectivity index (χ1) is 16.9. The van der Waals surface area contributed by atoms with Gasteiger partial charge in [-0.25, -0.2) is 8.42 Å². The molecule has 0 fully saturated rings. The van der Waals surface area contributed by atoms with E-state index in [1.54, 1.807) is 29.5 Å². The first-order valence-electron chi connectivity index (χ1n) is 13.1. The largest absolute Gasteiger partial charge is 0.508 e. The van der Waals surface area contributed by atoms with E-state index in [-0.39, 0.29) is 11.5 Å². The number of fused-ring (bicyclic) bond motifs is 1. The Hall–Kier alpha value is -2.05. The number of aryl methyl sites for hydroxylation is 1. The molecule has 1 heterocycles. The Balaban J connectivity index is 1.40. The Morgan fingerprint density at radius 1 is 0.714 bits per heavy atom. The van der Waals surface area contributed by atoms with Gasteiger partial charge in [0, 0.05) is 9.58 Å². The second-order valence-corrected chi connectivity index (χ2v) is 12.9. The standard InChI is InChI=1S/C29H40O4S2/c1-2-3-11-20-35(32,33)21-12-9-7-5-4-6-8-10-13-27-26-19-18-25(31)22-28(26)34-29(27)23-14-16-24(30)17-15-23/h14-19,22,30-31H,2-13,20-21H2,1H3. The van der Waals surface area contributed by atoms with Crippen LogP contribution in [0.25, 0.3) is 20.5 Å². The number of hydrogen-bond acceptors (Lipinski definition) is 5. The van der Waals surface area contributed by atoms with Crippen LogP contribution in [0.2, 0.25) is 0 Å². The summed E-state index contributed by atoms with van der Waals surface area (Å²) in [5.74, 6) is 1.27. The maximum absolute atomic E-state index is 12.0. The number of phenols is 2. The first-order valence-corrected chi connectivity index (χ1v) is 15.8. The van der Waals surface area contributed by atoms with Crippen molar-refractivity contribution >= 4 is 31.3 Å². The van der Waals surface area contributed by atoms with E-state index in [0.717, 1.165) is 61.6 Å². The minimum atomic E-state index is -2.85. The summed E-state index contributed by atoms with van der Waals surface area (Å²) in [6.45, 7) is 2.10. The van der Waals surface area contributed by atoms with Crippen LogP contribution in [-0.2, 0) is 16.3 Å². The van der Waals surface area contributed by atoms with Crippen LogP contribution in [0.4, 0.5) is 0 Å². The van der Waals surface area contributed by atoms with E-state index < -0.39 is 9.84 Å². The van der Waals surface area contributed by atoms with Crippen molar-refractivity contribution in [3.63, 3.8) is 0 Å². The van der Waals surface area contributed by atoms with Crippen LogP contribution in [0.3, 0.4) is 0 Å². The maximum atomic E-state index is 12.0. The lowest BCUT2D eigenvalue weighted by Crippen LogP contribution is -2.11. The molecule has 192 valence electrons. The van der Waals surface area contributed by atoms with Gasteiger partial charge in [-0.1, -0.05) is 58.3 Å². The Morgan fingerprint density at radius 2 is 1.29 bits per heavy atom. The van der Waals surface area contributed by atoms with Gasteiger partial charge in [0.15, 0.2) is 0 Å². The van der Waals surface area contributed by atoms with Crippen molar-refractivity contribution in [2.75, 3.05) is 11.5 Å². The third-order valence-electron chi connectivity index (χ3n) is 6.60. The Kier molecular flexibility index (Phi) is 10.9. The number of benzene rings is 2. The molecule has 0 bridgehead atoms. The van der Waals surface area contributed by atoms with Crippen LogP contribution in [0.5, 0.6) is 11.5 Å². The average molecular weight is 517 g/mol. The predicted octanol–water partition coefficient (Wildman–Crippen LogP) is 8.25. The molecule has 0 unspecified atom stereocenters. The molecule has 3 aromatic rings. The minimum Gasteiger partial charge on any atom is -0.508 e. The zero-order valence-electron chi connectivity index (χ0n) is 21.0. The molecule has 6 heteroatoms. The molecule has 0 aliphatic rings. The molecule has 0 saturated heterocycles. The first kappa shape index (κ1) is 27.5. The summed E-state index contributed by atoms with van der Waals surface area (Å²) in [6, 6.07) is 13.0. The molecule has 0 spiro atoms. The van der Waals surface area contributed by atoms with E-state index in [2.05, 4.69) is 6.92 Å². The van der Waals surface area contributed by atoms with Crippen molar-refractivity contribution in [1.82, 2.24) is 0 Å². The fourth-order valence-corrected chi connectivity index (χ4v) is 7.37. The molecule has 3 rings (SSSR count). The summed E-state index contributed by atoms with van der Waals surface area (Å²) in [5, 5.41) is 20.8. The van der Waals surface area contributed by atoms with Crippen LogP contribution < -0.4 is 0 Å². The minimum absolute atomic E-state index is 0.266. The summed E-state index contributed by atoms with van der Waals surface area (Å²) >= 11 is 1.70. The summed E-state index contributed by atoms with van der Waals surface area (Å²) < 4.78 is 25.1. The molecule has 0 amide bonds. The van der Waals surface area contributed by atoms with Gasteiger partial charge in [0.1, 0.15) is 21.3 Å². The van der Waals surface area contributed by atoms with Gasteiger partial charge in [-0.15, -0.1) is 11.3 Å². The van der Waals surface area contributed by atoms with E-state index in [4.69, 9.17) is 0 Å². The van der Waals surface area contributed by atoms with Crippen LogP contribution in [0, 0.1) is 0 Å². The normalized spacial score (nSPS) is 11.9. The van der Waals surface area contributed by atoms with Crippen LogP contribution in [0.1, 0.15) is 83.1 Å². The lowest BCUT2D eigenvalue weighted by atomic mass is 9.99. The van der Waals surface area contributed by atoms with E-state index in [0.29, 0.717) is 11.5 Å². The molecule has 2 aromatic carbocycles. The monoisotopic (exact) mass is 516 g/mol. The third kappa shape index (κ3) is 8.84. The van der Waals surface area contributed by atoms with Crippen molar-refractivity contribution in [3.05, 3.63) is 48.0 Å². The quantitative estimate of drug-likeness (QED) is 0.188. The maximum Gasteiger partial charge on any atom is 0.150 e. The molecule has 0 saturated carbocycles. The molecule has 0 atom stereocenters. The third-order valence-corrected chi connectivity index (χ3v) is 9.66. The number of unbranched alkanes of at least 4 members (excludes halogenated alkanes) is 9. The lowest BCUT2D eigenvalue weighted by molar-refractivity contribution is 0.475. The molecule has 0 radical (unpaired) electrons. The molecule has 1 aromatic heterocycles. The fourth-order valence-electron chi connectivity index (χ4n) is 4.59. The van der Waals surface area contributed by atoms with Gasteiger partial charge >= 0.3 is 0 Å². The highest BCUT2D eigenvalue weighted by atomic mass is 32.2. The molecule has 2 N–H and O–H groups in total. The number of aromatic hydroxyl groups is 2. The molecular formula is C29H40O4S2. The van der Waals surface area contributed by atoms with Gasteiger partial charge in [-0.3, -0.25) is 0 Å². The van der Waals surface area contributed by atoms with Crippen molar-refractivity contribution in [2.24, 2.45) is 0 Å². The summed E-state index contributed by atoms with van der Waals surface area (Å²) in [5.41, 5.74) is 2.43. The van der Waals surface area contributed by atoms with Gasteiger partial charge in [0.2, 0.25) is 0 Å². The van der Waals surface area contributed by atoms with Crippen molar-refractivity contribution in [1.29, 1.82) is 0 Å². The fraction of sp³-hybridized carbons (Fsp3) is 0.517. The van der Waals surface area contributed by atoms with Crippen LogP contribution in [0.15, 0.2) is 42.5 Å². The second-order valence-electron chi connectivity index (χ2n) is 9.57. The topological polar surface area (TPSA) is 74.6 Å². The highest BCUT2D eigenvalue weighted by Crippen LogP contribution is 2.41. The summed E-state index contributed by atoms with van der Waals surface area (Å²) in [4.78, 5) is 1.22. The van der Waals surface area contributed by atoms with E-state index in [1.165, 1.54) is 41.5 Å². The van der Waals surface area contributed by atoms with Gasteiger partial charge in [-0.2, -0.15) is 0 Å². The Bertz CT molecular complexity index is 1150. The predicted molar refractivity (Wildman–Crippen MR) is 149 cm³/mol. The number of sulfone groups is 1. The molecule has 0 aliphatic carbocycles. The highest BCUT2D eigenvalue weighted by Gasteiger charge is 2.14. The zero-order valence-corrected chi connectivity index (χ0v) is 22.6. The van der Waals surface area contributed by atoms with Gasteiger partial charge < -0.3 is 10.2 Å². The number of hydrogen-bond donors (Lipinski definition) is 2. The van der Waals surface area contributed by atoms with Gasteiger partial charge in [0.05, 0.1) is 11.5 Å².